The molecule has 92 valence electrons. The van der Waals surface area contributed by atoms with Crippen molar-refractivity contribution in [2.45, 2.75) is 45.1 Å². The summed E-state index contributed by atoms with van der Waals surface area (Å²) < 4.78 is 0. The lowest BCUT2D eigenvalue weighted by atomic mass is 9.90. The number of carboxylic acids is 1. The highest BCUT2D eigenvalue weighted by molar-refractivity contribution is 6.25. The van der Waals surface area contributed by atoms with Gasteiger partial charge in [-0.1, -0.05) is 24.9 Å². The zero-order valence-electron chi connectivity index (χ0n) is 10.0. The van der Waals surface area contributed by atoms with Crippen molar-refractivity contribution < 1.29 is 9.90 Å². The second-order valence-electron chi connectivity index (χ2n) is 4.57. The van der Waals surface area contributed by atoms with E-state index in [1.54, 1.807) is 0 Å². The summed E-state index contributed by atoms with van der Waals surface area (Å²) >= 11 is 5.64. The van der Waals surface area contributed by atoms with Crippen molar-refractivity contribution in [3.63, 3.8) is 0 Å². The Bertz CT molecular complexity index is 291. The molecule has 0 spiro atoms. The van der Waals surface area contributed by atoms with Gasteiger partial charge in [0.05, 0.1) is 0 Å². The quantitative estimate of drug-likeness (QED) is 0.810. The summed E-state index contributed by atoms with van der Waals surface area (Å²) in [5.74, 6) is -0.686. The molecule has 1 saturated heterocycles. The summed E-state index contributed by atoms with van der Waals surface area (Å²) in [5, 5.41) is 9.46. The van der Waals surface area contributed by atoms with Gasteiger partial charge in [0.15, 0.2) is 0 Å². The van der Waals surface area contributed by atoms with Crippen LogP contribution in [0.1, 0.15) is 39.5 Å². The minimum atomic E-state index is -0.686. The molecule has 1 aliphatic rings. The van der Waals surface area contributed by atoms with Gasteiger partial charge < -0.3 is 5.11 Å². The van der Waals surface area contributed by atoms with Crippen molar-refractivity contribution in [3.8, 4) is 0 Å². The molecule has 1 aliphatic heterocycles. The molecular weight excluding hydrogens is 226 g/mol. The largest absolute Gasteiger partial charge is 0.480 e. The molecule has 4 heteroatoms. The molecular formula is C12H20ClNO2. The number of carboxylic acid groups (broad SMARTS) is 1. The molecule has 1 heterocycles. The monoisotopic (exact) mass is 245 g/mol. The van der Waals surface area contributed by atoms with E-state index >= 15 is 0 Å². The van der Waals surface area contributed by atoms with E-state index in [9.17, 15) is 9.90 Å². The topological polar surface area (TPSA) is 40.5 Å². The zero-order chi connectivity index (χ0) is 12.2. The zero-order valence-corrected chi connectivity index (χ0v) is 10.8. The van der Waals surface area contributed by atoms with E-state index in [0.29, 0.717) is 6.54 Å². The Morgan fingerprint density at radius 2 is 2.31 bits per heavy atom. The number of hydrogen-bond acceptors (Lipinski definition) is 2. The van der Waals surface area contributed by atoms with Crippen LogP contribution in [0.3, 0.4) is 0 Å². The molecule has 1 N–H and O–H groups in total. The Labute approximate surface area is 102 Å². The molecule has 0 aromatic carbocycles. The molecule has 0 bridgehead atoms. The molecule has 16 heavy (non-hydrogen) atoms. The fourth-order valence-electron chi connectivity index (χ4n) is 2.55. The molecule has 0 amide bonds. The number of likely N-dealkylation sites (tertiary alicyclic amines) is 1. The highest BCUT2D eigenvalue weighted by Gasteiger charge is 2.46. The molecule has 0 aromatic rings. The van der Waals surface area contributed by atoms with Crippen LogP contribution in [-0.2, 0) is 4.79 Å². The number of hydrogen-bond donors (Lipinski definition) is 1. The van der Waals surface area contributed by atoms with Crippen LogP contribution in [0.5, 0.6) is 0 Å². The number of aliphatic carboxylic acids is 1. The maximum Gasteiger partial charge on any atom is 0.324 e. The first-order chi connectivity index (χ1) is 7.56. The van der Waals surface area contributed by atoms with Gasteiger partial charge in [-0.05, 0) is 38.3 Å². The Hall–Kier alpha value is -0.540. The van der Waals surface area contributed by atoms with Crippen molar-refractivity contribution in [2.24, 2.45) is 0 Å². The maximum absolute atomic E-state index is 11.5. The van der Waals surface area contributed by atoms with Gasteiger partial charge in [0.25, 0.3) is 0 Å². The van der Waals surface area contributed by atoms with Crippen LogP contribution in [0, 0.1) is 0 Å². The van der Waals surface area contributed by atoms with Gasteiger partial charge in [-0.3, -0.25) is 9.69 Å². The number of halogens is 1. The van der Waals surface area contributed by atoms with E-state index < -0.39 is 11.5 Å². The van der Waals surface area contributed by atoms with Gasteiger partial charge in [0, 0.05) is 12.1 Å². The lowest BCUT2D eigenvalue weighted by molar-refractivity contribution is -0.150. The van der Waals surface area contributed by atoms with Crippen molar-refractivity contribution in [1.29, 1.82) is 0 Å². The predicted octanol–water partition coefficient (Wildman–Crippen LogP) is 2.85. The van der Waals surface area contributed by atoms with E-state index in [4.69, 9.17) is 11.6 Å². The second-order valence-corrected chi connectivity index (χ2v) is 4.79. The lowest BCUT2D eigenvalue weighted by Gasteiger charge is -2.34. The van der Waals surface area contributed by atoms with Gasteiger partial charge in [0.2, 0.25) is 0 Å². The average Bonchev–Trinajstić information content (AvgIpc) is 2.63. The van der Waals surface area contributed by atoms with Crippen molar-refractivity contribution in [2.75, 3.05) is 13.1 Å². The fraction of sp³-hybridized carbons (Fsp3) is 0.750. The van der Waals surface area contributed by atoms with Crippen LogP contribution < -0.4 is 0 Å². The van der Waals surface area contributed by atoms with Crippen LogP contribution in [0.4, 0.5) is 0 Å². The molecule has 0 aromatic heterocycles. The van der Waals surface area contributed by atoms with Gasteiger partial charge in [-0.2, -0.15) is 0 Å². The minimum Gasteiger partial charge on any atom is -0.480 e. The molecule has 0 saturated carbocycles. The normalized spacial score (nSPS) is 27.3. The summed E-state index contributed by atoms with van der Waals surface area (Å²) in [6, 6.07) is 0. The van der Waals surface area contributed by atoms with Crippen molar-refractivity contribution >= 4 is 17.6 Å². The standard InChI is InChI=1S/C12H20ClNO2/c1-3-5-12(11(15)16)6-4-7-14(12)9-10(2)8-13/h8H,3-7,9H2,1-2H3,(H,15,16). The number of nitrogens with zero attached hydrogens (tertiary/aromatic N) is 1. The molecule has 1 fully saturated rings. The summed E-state index contributed by atoms with van der Waals surface area (Å²) in [4.78, 5) is 13.6. The third-order valence-corrected chi connectivity index (χ3v) is 3.68. The third kappa shape index (κ3) is 2.58. The smallest absolute Gasteiger partial charge is 0.324 e. The first-order valence-corrected chi connectivity index (χ1v) is 6.24. The minimum absolute atomic E-state index is 0.657. The van der Waals surface area contributed by atoms with Crippen LogP contribution in [0.25, 0.3) is 0 Å². The van der Waals surface area contributed by atoms with Gasteiger partial charge in [-0.15, -0.1) is 0 Å². The highest BCUT2D eigenvalue weighted by Crippen LogP contribution is 2.34. The maximum atomic E-state index is 11.5. The Morgan fingerprint density at radius 3 is 2.81 bits per heavy atom. The fourth-order valence-corrected chi connectivity index (χ4v) is 2.62. The summed E-state index contributed by atoms with van der Waals surface area (Å²) in [6.07, 6.45) is 3.33. The van der Waals surface area contributed by atoms with E-state index in [2.05, 4.69) is 4.90 Å². The summed E-state index contributed by atoms with van der Waals surface area (Å²) in [5.41, 5.74) is 1.90. The second kappa shape index (κ2) is 5.69. The van der Waals surface area contributed by atoms with E-state index in [-0.39, 0.29) is 0 Å². The van der Waals surface area contributed by atoms with E-state index in [1.807, 2.05) is 13.8 Å². The molecule has 0 radical (unpaired) electrons. The van der Waals surface area contributed by atoms with E-state index in [0.717, 1.165) is 37.8 Å². The predicted molar refractivity (Wildman–Crippen MR) is 65.7 cm³/mol. The summed E-state index contributed by atoms with van der Waals surface area (Å²) in [7, 11) is 0. The number of rotatable bonds is 5. The molecule has 3 nitrogen and oxygen atoms in total. The Kier molecular flexibility index (Phi) is 4.81. The first kappa shape index (κ1) is 13.5. The van der Waals surface area contributed by atoms with Crippen molar-refractivity contribution in [1.82, 2.24) is 4.90 Å². The highest BCUT2D eigenvalue weighted by atomic mass is 35.5. The molecule has 1 rings (SSSR count). The van der Waals surface area contributed by atoms with Crippen LogP contribution >= 0.6 is 11.6 Å². The van der Waals surface area contributed by atoms with Gasteiger partial charge in [0.1, 0.15) is 5.54 Å². The van der Waals surface area contributed by atoms with E-state index in [1.165, 1.54) is 5.54 Å². The van der Waals surface area contributed by atoms with Crippen molar-refractivity contribution in [3.05, 3.63) is 11.1 Å². The Morgan fingerprint density at radius 1 is 1.62 bits per heavy atom. The van der Waals surface area contributed by atoms with Crippen LogP contribution in [0.2, 0.25) is 0 Å². The molecule has 1 unspecified atom stereocenters. The first-order valence-electron chi connectivity index (χ1n) is 5.81. The number of carbonyl (C=O) groups is 1. The average molecular weight is 246 g/mol. The third-order valence-electron chi connectivity index (χ3n) is 3.31. The lowest BCUT2D eigenvalue weighted by Crippen LogP contribution is -2.50. The van der Waals surface area contributed by atoms with Crippen LogP contribution in [0.15, 0.2) is 11.1 Å². The SMILES string of the molecule is CCCC1(C(=O)O)CCCN1CC(C)=CCl. The summed E-state index contributed by atoms with van der Waals surface area (Å²) in [6.45, 7) is 5.49. The van der Waals surface area contributed by atoms with Gasteiger partial charge >= 0.3 is 5.97 Å². The van der Waals surface area contributed by atoms with Crippen LogP contribution in [-0.4, -0.2) is 34.6 Å². The van der Waals surface area contributed by atoms with Gasteiger partial charge in [-0.25, -0.2) is 0 Å². The molecule has 0 aliphatic carbocycles. The Balaban J connectivity index is 2.85. The molecule has 1 atom stereocenters.